The smallest absolute Gasteiger partial charge is 0.0322 e. The molecule has 0 fully saturated rings. The second kappa shape index (κ2) is 12.0. The zero-order valence-corrected chi connectivity index (χ0v) is 16.2. The van der Waals surface area contributed by atoms with Crippen LogP contribution in [0.5, 0.6) is 0 Å². The molecule has 0 aliphatic carbocycles. The van der Waals surface area contributed by atoms with Crippen LogP contribution in [0, 0.1) is 17.3 Å². The molecule has 0 radical (unpaired) electrons. The summed E-state index contributed by atoms with van der Waals surface area (Å²) in [5.74, 6) is 1.94. The molecule has 0 aliphatic rings. The molecule has 0 saturated heterocycles. The standard InChI is InChI=1S/C19H41P/c1-7-10-12-18(17(4)9-3)16-20-15-11-14-19(5,6)13-8-2/h17-18,20H,7-16H2,1-6H3. The predicted molar refractivity (Wildman–Crippen MR) is 98.4 cm³/mol. The zero-order chi connectivity index (χ0) is 15.4. The van der Waals surface area contributed by atoms with Crippen molar-refractivity contribution in [2.75, 3.05) is 12.3 Å². The van der Waals surface area contributed by atoms with Crippen LogP contribution in [0.4, 0.5) is 0 Å². The Labute approximate surface area is 131 Å². The lowest BCUT2D eigenvalue weighted by molar-refractivity contribution is 0.302. The fourth-order valence-electron chi connectivity index (χ4n) is 3.17. The Morgan fingerprint density at radius 2 is 1.65 bits per heavy atom. The minimum atomic E-state index is 0.581. The normalized spacial score (nSPS) is 15.9. The topological polar surface area (TPSA) is 0 Å². The molecule has 3 unspecified atom stereocenters. The first-order chi connectivity index (χ1) is 9.46. The third-order valence-corrected chi connectivity index (χ3v) is 6.44. The molecule has 0 amide bonds. The van der Waals surface area contributed by atoms with Crippen molar-refractivity contribution in [3.63, 3.8) is 0 Å². The quantitative estimate of drug-likeness (QED) is 0.251. The van der Waals surface area contributed by atoms with Gasteiger partial charge in [-0.3, -0.25) is 0 Å². The molecule has 0 aromatic carbocycles. The van der Waals surface area contributed by atoms with Crippen LogP contribution in [0.1, 0.15) is 92.9 Å². The van der Waals surface area contributed by atoms with E-state index in [0.717, 1.165) is 11.8 Å². The SMILES string of the molecule is CCCCC(CPCCCC(C)(C)CCC)C(C)CC. The fraction of sp³-hybridized carbons (Fsp3) is 1.00. The van der Waals surface area contributed by atoms with Crippen LogP contribution >= 0.6 is 8.58 Å². The third-order valence-electron chi connectivity index (χ3n) is 4.92. The maximum atomic E-state index is 2.47. The summed E-state index contributed by atoms with van der Waals surface area (Å²) in [6.45, 7) is 14.4. The lowest BCUT2D eigenvalue weighted by Crippen LogP contribution is -2.14. The summed E-state index contributed by atoms with van der Waals surface area (Å²) in [4.78, 5) is 0. The van der Waals surface area contributed by atoms with Crippen molar-refractivity contribution < 1.29 is 0 Å². The van der Waals surface area contributed by atoms with E-state index in [4.69, 9.17) is 0 Å². The Kier molecular flexibility index (Phi) is 12.3. The Bertz CT molecular complexity index is 210. The summed E-state index contributed by atoms with van der Waals surface area (Å²) < 4.78 is 0. The first-order valence-electron chi connectivity index (χ1n) is 9.17. The summed E-state index contributed by atoms with van der Waals surface area (Å²) in [6.07, 6.45) is 14.2. The maximum absolute atomic E-state index is 2.47. The van der Waals surface area contributed by atoms with Crippen molar-refractivity contribution in [2.45, 2.75) is 92.9 Å². The van der Waals surface area contributed by atoms with Crippen molar-refractivity contribution in [3.8, 4) is 0 Å². The second-order valence-electron chi connectivity index (χ2n) is 7.51. The van der Waals surface area contributed by atoms with Gasteiger partial charge in [0.1, 0.15) is 0 Å². The average molecular weight is 301 g/mol. The summed E-state index contributed by atoms with van der Waals surface area (Å²) in [7, 11) is 1.21. The molecule has 20 heavy (non-hydrogen) atoms. The van der Waals surface area contributed by atoms with Crippen molar-refractivity contribution in [2.24, 2.45) is 17.3 Å². The Morgan fingerprint density at radius 3 is 2.20 bits per heavy atom. The minimum Gasteiger partial charge on any atom is -0.122 e. The molecule has 3 atom stereocenters. The van der Waals surface area contributed by atoms with Gasteiger partial charge in [0.25, 0.3) is 0 Å². The Hall–Kier alpha value is 0.430. The molecular weight excluding hydrogens is 259 g/mol. The van der Waals surface area contributed by atoms with Crippen molar-refractivity contribution in [1.82, 2.24) is 0 Å². The highest BCUT2D eigenvalue weighted by Gasteiger charge is 2.17. The van der Waals surface area contributed by atoms with E-state index in [1.165, 1.54) is 72.3 Å². The van der Waals surface area contributed by atoms with E-state index in [-0.39, 0.29) is 0 Å². The van der Waals surface area contributed by atoms with Crippen LogP contribution < -0.4 is 0 Å². The van der Waals surface area contributed by atoms with E-state index in [9.17, 15) is 0 Å². The largest absolute Gasteiger partial charge is 0.122 e. The van der Waals surface area contributed by atoms with Crippen LogP contribution in [0.2, 0.25) is 0 Å². The van der Waals surface area contributed by atoms with E-state index in [1.54, 1.807) is 0 Å². The summed E-state index contributed by atoms with van der Waals surface area (Å²) in [5.41, 5.74) is 0.581. The summed E-state index contributed by atoms with van der Waals surface area (Å²) in [6, 6.07) is 0. The van der Waals surface area contributed by atoms with Gasteiger partial charge in [-0.1, -0.05) is 67.2 Å². The first-order valence-corrected chi connectivity index (χ1v) is 10.6. The van der Waals surface area contributed by atoms with E-state index >= 15 is 0 Å². The predicted octanol–water partition coefficient (Wildman–Crippen LogP) is 7.12. The minimum absolute atomic E-state index is 0.581. The van der Waals surface area contributed by atoms with Gasteiger partial charge in [-0.2, -0.15) is 0 Å². The molecule has 0 nitrogen and oxygen atoms in total. The van der Waals surface area contributed by atoms with Gasteiger partial charge in [0.15, 0.2) is 0 Å². The number of rotatable bonds is 13. The summed E-state index contributed by atoms with van der Waals surface area (Å²) in [5, 5.41) is 0. The Morgan fingerprint density at radius 1 is 0.950 bits per heavy atom. The zero-order valence-electron chi connectivity index (χ0n) is 15.2. The monoisotopic (exact) mass is 300 g/mol. The van der Waals surface area contributed by atoms with E-state index in [2.05, 4.69) is 41.5 Å². The van der Waals surface area contributed by atoms with Crippen LogP contribution in [0.25, 0.3) is 0 Å². The molecule has 0 rings (SSSR count). The second-order valence-corrected chi connectivity index (χ2v) is 8.92. The lowest BCUT2D eigenvalue weighted by Gasteiger charge is -2.25. The van der Waals surface area contributed by atoms with Crippen molar-refractivity contribution in [1.29, 1.82) is 0 Å². The molecule has 0 saturated carbocycles. The van der Waals surface area contributed by atoms with Gasteiger partial charge in [-0.25, -0.2) is 0 Å². The number of unbranched alkanes of at least 4 members (excludes halogenated alkanes) is 1. The molecule has 0 aliphatic heterocycles. The van der Waals surface area contributed by atoms with Gasteiger partial charge >= 0.3 is 0 Å². The van der Waals surface area contributed by atoms with Gasteiger partial charge in [0, 0.05) is 0 Å². The third kappa shape index (κ3) is 10.2. The van der Waals surface area contributed by atoms with Crippen LogP contribution in [0.3, 0.4) is 0 Å². The van der Waals surface area contributed by atoms with Crippen molar-refractivity contribution >= 4 is 8.58 Å². The van der Waals surface area contributed by atoms with Gasteiger partial charge in [0.2, 0.25) is 0 Å². The molecule has 0 heterocycles. The van der Waals surface area contributed by atoms with Gasteiger partial charge in [-0.05, 0) is 55.3 Å². The molecular formula is C19H41P. The molecule has 0 aromatic heterocycles. The van der Waals surface area contributed by atoms with E-state index in [1.807, 2.05) is 0 Å². The Balaban J connectivity index is 3.82. The molecule has 0 aromatic rings. The highest BCUT2D eigenvalue weighted by Crippen LogP contribution is 2.32. The fourth-order valence-corrected chi connectivity index (χ4v) is 4.78. The highest BCUT2D eigenvalue weighted by molar-refractivity contribution is 7.37. The lowest BCUT2D eigenvalue weighted by atomic mass is 9.84. The molecule has 122 valence electrons. The average Bonchev–Trinajstić information content (AvgIpc) is 2.40. The molecule has 1 heteroatoms. The first kappa shape index (κ1) is 20.4. The van der Waals surface area contributed by atoms with Crippen molar-refractivity contribution in [3.05, 3.63) is 0 Å². The van der Waals surface area contributed by atoms with Crippen LogP contribution in [-0.4, -0.2) is 12.3 Å². The van der Waals surface area contributed by atoms with Crippen LogP contribution in [0.15, 0.2) is 0 Å². The van der Waals surface area contributed by atoms with Gasteiger partial charge in [-0.15, -0.1) is 8.58 Å². The van der Waals surface area contributed by atoms with E-state index in [0.29, 0.717) is 5.41 Å². The van der Waals surface area contributed by atoms with Gasteiger partial charge < -0.3 is 0 Å². The van der Waals surface area contributed by atoms with Crippen LogP contribution in [-0.2, 0) is 0 Å². The number of hydrogen-bond acceptors (Lipinski definition) is 0. The highest BCUT2D eigenvalue weighted by atomic mass is 31.1. The molecule has 0 spiro atoms. The maximum Gasteiger partial charge on any atom is -0.0322 e. The molecule has 0 bridgehead atoms. The van der Waals surface area contributed by atoms with E-state index < -0.39 is 0 Å². The summed E-state index contributed by atoms with van der Waals surface area (Å²) >= 11 is 0. The number of hydrogen-bond donors (Lipinski definition) is 0. The van der Waals surface area contributed by atoms with Gasteiger partial charge in [0.05, 0.1) is 0 Å². The molecule has 0 N–H and O–H groups in total.